The second-order valence-corrected chi connectivity index (χ2v) is 11.0. The minimum Gasteiger partial charge on any atom is -0.497 e. The van der Waals surface area contributed by atoms with E-state index in [0.29, 0.717) is 31.5 Å². The van der Waals surface area contributed by atoms with Gasteiger partial charge in [-0.25, -0.2) is 0 Å². The molecule has 2 aliphatic heterocycles. The minimum atomic E-state index is -4.50. The molecule has 5 aromatic rings. The third-order valence-electron chi connectivity index (χ3n) is 8.56. The van der Waals surface area contributed by atoms with Gasteiger partial charge < -0.3 is 19.4 Å². The number of benzene rings is 2. The predicted octanol–water partition coefficient (Wildman–Crippen LogP) is 7.03. The van der Waals surface area contributed by atoms with Gasteiger partial charge in [-0.1, -0.05) is 6.07 Å². The van der Waals surface area contributed by atoms with Crippen molar-refractivity contribution < 1.29 is 22.6 Å². The lowest BCUT2D eigenvalue weighted by atomic mass is 9.85. The Bertz CT molecular complexity index is 1790. The van der Waals surface area contributed by atoms with E-state index in [1.165, 1.54) is 17.3 Å². The summed E-state index contributed by atoms with van der Waals surface area (Å²) in [7, 11) is 3.28. The molecule has 10 heteroatoms. The molecule has 0 unspecified atom stereocenters. The number of fused-ring (bicyclic) bond motifs is 6. The fourth-order valence-electron chi connectivity index (χ4n) is 6.42. The third kappa shape index (κ3) is 4.94. The van der Waals surface area contributed by atoms with Gasteiger partial charge in [-0.3, -0.25) is 15.0 Å². The van der Waals surface area contributed by atoms with Crippen LogP contribution in [0.15, 0.2) is 64.7 Å². The van der Waals surface area contributed by atoms with E-state index in [1.54, 1.807) is 20.3 Å². The number of ether oxygens (including phenoxy) is 2. The van der Waals surface area contributed by atoms with Crippen LogP contribution in [-0.2, 0) is 19.0 Å². The first kappa shape index (κ1) is 27.2. The van der Waals surface area contributed by atoms with E-state index in [1.807, 2.05) is 24.3 Å². The summed E-state index contributed by atoms with van der Waals surface area (Å²) in [5.41, 5.74) is 7.92. The highest BCUT2D eigenvalue weighted by Crippen LogP contribution is 2.37. The molecule has 7 rings (SSSR count). The summed E-state index contributed by atoms with van der Waals surface area (Å²) in [6.07, 6.45) is -0.485. The van der Waals surface area contributed by atoms with Crippen molar-refractivity contribution in [2.24, 2.45) is 9.98 Å². The van der Waals surface area contributed by atoms with Crippen LogP contribution < -0.4 is 9.47 Å². The summed E-state index contributed by atoms with van der Waals surface area (Å²) >= 11 is 0. The van der Waals surface area contributed by atoms with Crippen molar-refractivity contribution in [2.75, 3.05) is 27.3 Å². The van der Waals surface area contributed by atoms with Crippen LogP contribution in [0.4, 0.5) is 13.2 Å². The molecule has 2 aliphatic rings. The van der Waals surface area contributed by atoms with E-state index in [-0.39, 0.29) is 5.92 Å². The lowest BCUT2D eigenvalue weighted by molar-refractivity contribution is -0.141. The molecule has 0 atom stereocenters. The fraction of sp³-hybridized carbons (Fsp3) is 0.303. The van der Waals surface area contributed by atoms with Crippen LogP contribution >= 0.6 is 0 Å². The number of pyridine rings is 1. The first-order chi connectivity index (χ1) is 20.8. The molecule has 0 saturated heterocycles. The number of aliphatic imine (C=N–C) groups is 2. The first-order valence-electron chi connectivity index (χ1n) is 14.3. The number of nitrogens with one attached hydrogen (secondary N) is 2. The summed E-state index contributed by atoms with van der Waals surface area (Å²) in [6.45, 7) is 1.29. The molecule has 3 aromatic heterocycles. The van der Waals surface area contributed by atoms with Crippen LogP contribution in [0.1, 0.15) is 52.5 Å². The van der Waals surface area contributed by atoms with Gasteiger partial charge in [0.05, 0.1) is 37.0 Å². The van der Waals surface area contributed by atoms with Crippen molar-refractivity contribution in [2.45, 2.75) is 37.8 Å². The van der Waals surface area contributed by atoms with Gasteiger partial charge in [0.15, 0.2) is 0 Å². The Morgan fingerprint density at radius 3 is 1.74 bits per heavy atom. The fourth-order valence-corrected chi connectivity index (χ4v) is 6.42. The second-order valence-electron chi connectivity index (χ2n) is 11.0. The van der Waals surface area contributed by atoms with Gasteiger partial charge in [-0.05, 0) is 78.6 Å². The van der Waals surface area contributed by atoms with Gasteiger partial charge in [0.1, 0.15) is 17.2 Å². The zero-order valence-electron chi connectivity index (χ0n) is 23.8. The molecule has 43 heavy (non-hydrogen) atoms. The topological polar surface area (TPSA) is 87.6 Å². The van der Waals surface area contributed by atoms with Gasteiger partial charge in [-0.15, -0.1) is 0 Å². The maximum atomic E-state index is 13.4. The largest absolute Gasteiger partial charge is 0.497 e. The van der Waals surface area contributed by atoms with Crippen LogP contribution in [0.25, 0.3) is 21.8 Å². The molecular weight excluding hydrogens is 555 g/mol. The molecular formula is C33H30F3N5O2. The average molecular weight is 586 g/mol. The average Bonchev–Trinajstić information content (AvgIpc) is 3.59. The smallest absolute Gasteiger partial charge is 0.433 e. The SMILES string of the molecule is COc1ccc2c3c([nH]c2c1)C(CC(CC1=NCCc2c1[nH]c1cc(OC)ccc21)c1ccc(C(F)(F)F)nc1)=NCC3. The highest BCUT2D eigenvalue weighted by atomic mass is 19.4. The van der Waals surface area contributed by atoms with Crippen molar-refractivity contribution in [3.63, 3.8) is 0 Å². The van der Waals surface area contributed by atoms with Crippen molar-refractivity contribution in [1.82, 2.24) is 15.0 Å². The first-order valence-corrected chi connectivity index (χ1v) is 14.3. The monoisotopic (exact) mass is 585 g/mol. The number of nitrogens with zero attached hydrogens (tertiary/aromatic N) is 3. The van der Waals surface area contributed by atoms with Crippen LogP contribution in [0.2, 0.25) is 0 Å². The maximum Gasteiger partial charge on any atom is 0.433 e. The molecule has 0 fully saturated rings. The number of hydrogen-bond donors (Lipinski definition) is 2. The molecule has 2 aromatic carbocycles. The highest BCUT2D eigenvalue weighted by molar-refractivity contribution is 6.09. The number of halogens is 3. The Hall–Kier alpha value is -4.60. The molecule has 7 nitrogen and oxygen atoms in total. The standard InChI is InChI=1S/C33H30F3N5O2/c1-42-20-4-6-22-24-9-11-37-28(31(24)40-26(22)15-20)13-19(18-3-8-30(39-17-18)33(34,35)36)14-29-32-25(10-12-38-29)23-7-5-21(43-2)16-27(23)41-32/h3-8,15-17,19,40-41H,9-14H2,1-2H3. The van der Waals surface area contributed by atoms with Gasteiger partial charge >= 0.3 is 6.18 Å². The zero-order valence-corrected chi connectivity index (χ0v) is 23.8. The van der Waals surface area contributed by atoms with Crippen molar-refractivity contribution >= 4 is 33.2 Å². The summed E-state index contributed by atoms with van der Waals surface area (Å²) in [6, 6.07) is 14.6. The Balaban J connectivity index is 1.27. The summed E-state index contributed by atoms with van der Waals surface area (Å²) in [5.74, 6) is 1.33. The van der Waals surface area contributed by atoms with E-state index in [2.05, 4.69) is 27.1 Å². The summed E-state index contributed by atoms with van der Waals surface area (Å²) < 4.78 is 51.0. The van der Waals surface area contributed by atoms with Crippen molar-refractivity contribution in [3.8, 4) is 11.5 Å². The molecule has 0 amide bonds. The predicted molar refractivity (Wildman–Crippen MR) is 161 cm³/mol. The summed E-state index contributed by atoms with van der Waals surface area (Å²) in [5, 5.41) is 2.26. The molecule has 0 radical (unpaired) electrons. The molecule has 220 valence electrons. The van der Waals surface area contributed by atoms with Crippen LogP contribution in [0.3, 0.4) is 0 Å². The minimum absolute atomic E-state index is 0.203. The van der Waals surface area contributed by atoms with Crippen LogP contribution in [0, 0.1) is 0 Å². The number of aromatic nitrogens is 3. The molecule has 0 bridgehead atoms. The van der Waals surface area contributed by atoms with Crippen molar-refractivity contribution in [1.29, 1.82) is 0 Å². The van der Waals surface area contributed by atoms with E-state index in [0.717, 1.165) is 75.0 Å². The van der Waals surface area contributed by atoms with E-state index in [9.17, 15) is 13.2 Å². The van der Waals surface area contributed by atoms with Crippen LogP contribution in [-0.4, -0.2) is 53.7 Å². The highest BCUT2D eigenvalue weighted by Gasteiger charge is 2.33. The quantitative estimate of drug-likeness (QED) is 0.215. The zero-order chi connectivity index (χ0) is 29.7. The molecule has 0 spiro atoms. The molecule has 5 heterocycles. The number of hydrogen-bond acceptors (Lipinski definition) is 5. The van der Waals surface area contributed by atoms with E-state index >= 15 is 0 Å². The van der Waals surface area contributed by atoms with E-state index < -0.39 is 11.9 Å². The van der Waals surface area contributed by atoms with E-state index in [4.69, 9.17) is 19.5 Å². The van der Waals surface area contributed by atoms with Crippen LogP contribution in [0.5, 0.6) is 11.5 Å². The Morgan fingerprint density at radius 2 is 1.30 bits per heavy atom. The molecule has 0 saturated carbocycles. The van der Waals surface area contributed by atoms with Gasteiger partial charge in [0.2, 0.25) is 0 Å². The normalized spacial score (nSPS) is 14.9. The lowest BCUT2D eigenvalue weighted by Crippen LogP contribution is -2.20. The number of H-pyrrole nitrogens is 2. The van der Waals surface area contributed by atoms with Crippen molar-refractivity contribution in [3.05, 3.63) is 88.5 Å². The lowest BCUT2D eigenvalue weighted by Gasteiger charge is -2.23. The molecule has 2 N–H and O–H groups in total. The van der Waals surface area contributed by atoms with Gasteiger partial charge in [-0.2, -0.15) is 13.2 Å². The van der Waals surface area contributed by atoms with Gasteiger partial charge in [0.25, 0.3) is 0 Å². The molecule has 0 aliphatic carbocycles. The number of alkyl halides is 3. The Morgan fingerprint density at radius 1 is 0.767 bits per heavy atom. The van der Waals surface area contributed by atoms with Gasteiger partial charge in [0, 0.05) is 53.2 Å². The summed E-state index contributed by atoms with van der Waals surface area (Å²) in [4.78, 5) is 20.7. The number of rotatable bonds is 7. The third-order valence-corrected chi connectivity index (χ3v) is 8.56. The Labute approximate surface area is 245 Å². The second kappa shape index (κ2) is 10.6. The number of aromatic amines is 2. The number of methoxy groups -OCH3 is 2. The maximum absolute atomic E-state index is 13.4. The Kier molecular flexibility index (Phi) is 6.71.